The maximum atomic E-state index is 12.8. The van der Waals surface area contributed by atoms with Crippen molar-refractivity contribution in [1.82, 2.24) is 5.32 Å². The molecule has 2 rings (SSSR count). The first-order chi connectivity index (χ1) is 9.86. The van der Waals surface area contributed by atoms with Crippen LogP contribution in [0.15, 0.2) is 0 Å². The SMILES string of the molecule is O=C(NCC1(CBr)CCCC1)C1CCCC(C(F)(F)F)C1. The van der Waals surface area contributed by atoms with Gasteiger partial charge in [-0.05, 0) is 37.5 Å². The van der Waals surface area contributed by atoms with E-state index in [2.05, 4.69) is 21.2 Å². The lowest BCUT2D eigenvalue weighted by Crippen LogP contribution is -2.42. The zero-order chi connectivity index (χ0) is 15.5. The van der Waals surface area contributed by atoms with Crippen molar-refractivity contribution in [2.75, 3.05) is 11.9 Å². The van der Waals surface area contributed by atoms with Crippen LogP contribution in [-0.4, -0.2) is 24.0 Å². The van der Waals surface area contributed by atoms with Gasteiger partial charge in [0.1, 0.15) is 0 Å². The van der Waals surface area contributed by atoms with Gasteiger partial charge in [-0.3, -0.25) is 4.79 Å². The van der Waals surface area contributed by atoms with Crippen LogP contribution in [0, 0.1) is 17.3 Å². The van der Waals surface area contributed by atoms with Crippen molar-refractivity contribution < 1.29 is 18.0 Å². The fourth-order valence-corrected chi connectivity index (χ4v) is 4.39. The zero-order valence-electron chi connectivity index (χ0n) is 12.1. The summed E-state index contributed by atoms with van der Waals surface area (Å²) in [5, 5.41) is 3.77. The second-order valence-corrected chi connectivity index (χ2v) is 7.22. The first kappa shape index (κ1) is 17.1. The van der Waals surface area contributed by atoms with E-state index in [4.69, 9.17) is 0 Å². The molecule has 0 saturated heterocycles. The summed E-state index contributed by atoms with van der Waals surface area (Å²) in [6.45, 7) is 0.588. The fraction of sp³-hybridized carbons (Fsp3) is 0.933. The van der Waals surface area contributed by atoms with E-state index in [-0.39, 0.29) is 24.2 Å². The van der Waals surface area contributed by atoms with Gasteiger partial charge in [-0.2, -0.15) is 13.2 Å². The zero-order valence-corrected chi connectivity index (χ0v) is 13.7. The van der Waals surface area contributed by atoms with Crippen LogP contribution in [-0.2, 0) is 4.79 Å². The van der Waals surface area contributed by atoms with E-state index < -0.39 is 18.0 Å². The molecule has 2 saturated carbocycles. The summed E-state index contributed by atoms with van der Waals surface area (Å²) >= 11 is 3.52. The van der Waals surface area contributed by atoms with Crippen molar-refractivity contribution in [3.63, 3.8) is 0 Å². The molecule has 2 aliphatic carbocycles. The predicted octanol–water partition coefficient (Wildman–Crippen LogP) is 4.43. The van der Waals surface area contributed by atoms with Gasteiger partial charge in [0, 0.05) is 17.8 Å². The lowest BCUT2D eigenvalue weighted by molar-refractivity contribution is -0.186. The highest BCUT2D eigenvalue weighted by Gasteiger charge is 2.43. The quantitative estimate of drug-likeness (QED) is 0.729. The van der Waals surface area contributed by atoms with Gasteiger partial charge in [0.15, 0.2) is 0 Å². The van der Waals surface area contributed by atoms with Gasteiger partial charge in [0.25, 0.3) is 0 Å². The summed E-state index contributed by atoms with van der Waals surface area (Å²) in [5.41, 5.74) is 0.105. The van der Waals surface area contributed by atoms with E-state index >= 15 is 0 Å². The van der Waals surface area contributed by atoms with Gasteiger partial charge in [-0.15, -0.1) is 0 Å². The lowest BCUT2D eigenvalue weighted by Gasteiger charge is -2.32. The maximum absolute atomic E-state index is 12.8. The summed E-state index contributed by atoms with van der Waals surface area (Å²) in [6, 6.07) is 0. The number of carbonyl (C=O) groups is 1. The van der Waals surface area contributed by atoms with Crippen molar-refractivity contribution >= 4 is 21.8 Å². The molecule has 0 bridgehead atoms. The van der Waals surface area contributed by atoms with Crippen molar-refractivity contribution in [2.24, 2.45) is 17.3 Å². The summed E-state index contributed by atoms with van der Waals surface area (Å²) in [5.74, 6) is -1.96. The molecule has 122 valence electrons. The molecule has 1 N–H and O–H groups in total. The Hall–Kier alpha value is -0.260. The molecule has 0 spiro atoms. The van der Waals surface area contributed by atoms with Crippen LogP contribution < -0.4 is 5.32 Å². The average Bonchev–Trinajstić information content (AvgIpc) is 2.93. The second kappa shape index (κ2) is 6.88. The summed E-state index contributed by atoms with van der Waals surface area (Å²) in [6.07, 6.45) is 1.52. The number of amides is 1. The molecule has 1 amide bonds. The Kier molecular flexibility index (Phi) is 5.60. The van der Waals surface area contributed by atoms with Crippen LogP contribution in [0.25, 0.3) is 0 Å². The van der Waals surface area contributed by atoms with E-state index in [0.717, 1.165) is 18.2 Å². The Morgan fingerprint density at radius 1 is 1.19 bits per heavy atom. The van der Waals surface area contributed by atoms with Crippen molar-refractivity contribution in [3.05, 3.63) is 0 Å². The maximum Gasteiger partial charge on any atom is 0.391 e. The van der Waals surface area contributed by atoms with E-state index in [1.54, 1.807) is 0 Å². The monoisotopic (exact) mass is 369 g/mol. The van der Waals surface area contributed by atoms with Gasteiger partial charge in [0.2, 0.25) is 5.91 Å². The molecule has 0 aliphatic heterocycles. The van der Waals surface area contributed by atoms with Gasteiger partial charge < -0.3 is 5.32 Å². The van der Waals surface area contributed by atoms with Gasteiger partial charge >= 0.3 is 6.18 Å². The molecule has 2 nitrogen and oxygen atoms in total. The van der Waals surface area contributed by atoms with Gasteiger partial charge in [-0.25, -0.2) is 0 Å². The van der Waals surface area contributed by atoms with Crippen molar-refractivity contribution in [1.29, 1.82) is 0 Å². The number of alkyl halides is 4. The summed E-state index contributed by atoms with van der Waals surface area (Å²) in [4.78, 5) is 12.2. The molecular formula is C15H23BrF3NO. The number of halogens is 4. The van der Waals surface area contributed by atoms with Gasteiger partial charge in [0.05, 0.1) is 5.92 Å². The summed E-state index contributed by atoms with van der Waals surface area (Å²) in [7, 11) is 0. The first-order valence-electron chi connectivity index (χ1n) is 7.77. The van der Waals surface area contributed by atoms with Crippen LogP contribution in [0.4, 0.5) is 13.2 Å². The topological polar surface area (TPSA) is 29.1 Å². The Labute approximate surface area is 132 Å². The molecule has 2 atom stereocenters. The minimum Gasteiger partial charge on any atom is -0.355 e. The number of hydrogen-bond donors (Lipinski definition) is 1. The minimum absolute atomic E-state index is 0.0450. The molecule has 2 fully saturated rings. The molecule has 0 heterocycles. The lowest BCUT2D eigenvalue weighted by atomic mass is 9.80. The van der Waals surface area contributed by atoms with Crippen LogP contribution in [0.1, 0.15) is 51.4 Å². The van der Waals surface area contributed by atoms with E-state index in [9.17, 15) is 18.0 Å². The van der Waals surface area contributed by atoms with E-state index in [0.29, 0.717) is 19.4 Å². The summed E-state index contributed by atoms with van der Waals surface area (Å²) < 4.78 is 38.4. The Morgan fingerprint density at radius 3 is 2.43 bits per heavy atom. The van der Waals surface area contributed by atoms with E-state index in [1.165, 1.54) is 12.8 Å². The third-order valence-corrected chi connectivity index (χ3v) is 6.28. The first-order valence-corrected chi connectivity index (χ1v) is 8.89. The van der Waals surface area contributed by atoms with Crippen LogP contribution in [0.2, 0.25) is 0 Å². The molecule has 0 aromatic rings. The molecule has 2 aliphatic rings. The standard InChI is InChI=1S/C15H23BrF3NO/c16-9-14(6-1-2-7-14)10-20-13(21)11-4-3-5-12(8-11)15(17,18)19/h11-12H,1-10H2,(H,20,21). The molecule has 0 aromatic heterocycles. The van der Waals surface area contributed by atoms with Crippen LogP contribution in [0.3, 0.4) is 0 Å². The van der Waals surface area contributed by atoms with E-state index in [1.807, 2.05) is 0 Å². The minimum atomic E-state index is -4.17. The molecule has 0 radical (unpaired) electrons. The highest BCUT2D eigenvalue weighted by molar-refractivity contribution is 9.09. The average molecular weight is 370 g/mol. The molecule has 6 heteroatoms. The molecule has 0 aromatic carbocycles. The third-order valence-electron chi connectivity index (χ3n) is 5.09. The Balaban J connectivity index is 1.85. The molecule has 2 unspecified atom stereocenters. The Morgan fingerprint density at radius 2 is 1.86 bits per heavy atom. The third kappa shape index (κ3) is 4.36. The number of nitrogens with one attached hydrogen (secondary N) is 1. The smallest absolute Gasteiger partial charge is 0.355 e. The van der Waals surface area contributed by atoms with Crippen molar-refractivity contribution in [3.8, 4) is 0 Å². The normalized spacial score (nSPS) is 29.3. The number of hydrogen-bond acceptors (Lipinski definition) is 1. The highest BCUT2D eigenvalue weighted by atomic mass is 79.9. The largest absolute Gasteiger partial charge is 0.391 e. The molecule has 21 heavy (non-hydrogen) atoms. The number of carbonyl (C=O) groups excluding carboxylic acids is 1. The van der Waals surface area contributed by atoms with Gasteiger partial charge in [-0.1, -0.05) is 35.2 Å². The van der Waals surface area contributed by atoms with Crippen molar-refractivity contribution in [2.45, 2.75) is 57.5 Å². The highest BCUT2D eigenvalue weighted by Crippen LogP contribution is 2.41. The van der Waals surface area contributed by atoms with Crippen LogP contribution in [0.5, 0.6) is 0 Å². The fourth-order valence-electron chi connectivity index (χ4n) is 3.63. The molecular weight excluding hydrogens is 347 g/mol. The number of rotatable bonds is 4. The Bertz CT molecular complexity index is 366. The van der Waals surface area contributed by atoms with Crippen LogP contribution >= 0.6 is 15.9 Å². The second-order valence-electron chi connectivity index (χ2n) is 6.66. The predicted molar refractivity (Wildman–Crippen MR) is 79.2 cm³/mol.